The van der Waals surface area contributed by atoms with Crippen molar-refractivity contribution < 1.29 is 0 Å². The third-order valence-corrected chi connectivity index (χ3v) is 4.55. The van der Waals surface area contributed by atoms with Crippen LogP contribution in [0.4, 0.5) is 0 Å². The van der Waals surface area contributed by atoms with Gasteiger partial charge in [-0.05, 0) is 36.6 Å². The van der Waals surface area contributed by atoms with Crippen LogP contribution in [-0.4, -0.2) is 38.0 Å². The van der Waals surface area contributed by atoms with Crippen molar-refractivity contribution in [3.05, 3.63) is 22.4 Å². The molecule has 1 aliphatic carbocycles. The summed E-state index contributed by atoms with van der Waals surface area (Å²) < 4.78 is 0. The average molecular weight is 407 g/mol. The Hall–Kier alpha value is -0.300. The van der Waals surface area contributed by atoms with E-state index in [1.807, 2.05) is 18.4 Å². The molecule has 1 heterocycles. The summed E-state index contributed by atoms with van der Waals surface area (Å²) >= 11 is 1.83. The molecule has 0 aliphatic heterocycles. The van der Waals surface area contributed by atoms with Gasteiger partial charge in [-0.2, -0.15) is 0 Å². The zero-order chi connectivity index (χ0) is 13.5. The molecule has 1 aliphatic rings. The third-order valence-electron chi connectivity index (χ3n) is 3.62. The molecule has 0 saturated heterocycles. The van der Waals surface area contributed by atoms with Crippen LogP contribution in [0.5, 0.6) is 0 Å². The van der Waals surface area contributed by atoms with E-state index in [2.05, 4.69) is 39.8 Å². The monoisotopic (exact) mass is 407 g/mol. The maximum Gasteiger partial charge on any atom is 0.193 e. The topological polar surface area (TPSA) is 27.6 Å². The molecule has 0 atom stereocenters. The van der Waals surface area contributed by atoms with Gasteiger partial charge < -0.3 is 10.2 Å². The van der Waals surface area contributed by atoms with Gasteiger partial charge in [0.15, 0.2) is 5.96 Å². The molecule has 5 heteroatoms. The average Bonchev–Trinajstić information content (AvgIpc) is 3.10. The standard InChI is InChI=1S/C15H25N3S.HI/c1-16-15(17-10-3-5-13-7-8-13)18(2)11-9-14-6-4-12-19-14;/h4,6,12-13H,3,5,7-11H2,1-2H3,(H,16,17);1H. The van der Waals surface area contributed by atoms with Crippen LogP contribution in [0.1, 0.15) is 30.6 Å². The molecule has 1 N–H and O–H groups in total. The first-order chi connectivity index (χ1) is 9.29. The van der Waals surface area contributed by atoms with E-state index in [0.29, 0.717) is 0 Å². The molecule has 0 spiro atoms. The van der Waals surface area contributed by atoms with Gasteiger partial charge in [-0.1, -0.05) is 18.9 Å². The Kier molecular flexibility index (Phi) is 8.52. The van der Waals surface area contributed by atoms with Gasteiger partial charge in [0.25, 0.3) is 0 Å². The minimum absolute atomic E-state index is 0. The van der Waals surface area contributed by atoms with Gasteiger partial charge in [0.1, 0.15) is 0 Å². The summed E-state index contributed by atoms with van der Waals surface area (Å²) in [5, 5.41) is 5.60. The second kappa shape index (κ2) is 9.60. The summed E-state index contributed by atoms with van der Waals surface area (Å²) in [5.41, 5.74) is 0. The third kappa shape index (κ3) is 6.43. The SMILES string of the molecule is CN=C(NCCCC1CC1)N(C)CCc1cccs1.I. The van der Waals surface area contributed by atoms with Crippen molar-refractivity contribution in [2.24, 2.45) is 10.9 Å². The van der Waals surface area contributed by atoms with E-state index in [0.717, 1.165) is 31.4 Å². The van der Waals surface area contributed by atoms with Crippen LogP contribution in [0, 0.1) is 5.92 Å². The molecule has 0 radical (unpaired) electrons. The van der Waals surface area contributed by atoms with Gasteiger partial charge in [0.2, 0.25) is 0 Å². The van der Waals surface area contributed by atoms with E-state index in [4.69, 9.17) is 0 Å². The number of hydrogen-bond acceptors (Lipinski definition) is 2. The summed E-state index contributed by atoms with van der Waals surface area (Å²) in [6.07, 6.45) is 6.65. The summed E-state index contributed by atoms with van der Waals surface area (Å²) in [6.45, 7) is 2.06. The van der Waals surface area contributed by atoms with Crippen LogP contribution >= 0.6 is 35.3 Å². The highest BCUT2D eigenvalue weighted by atomic mass is 127. The van der Waals surface area contributed by atoms with Crippen LogP contribution in [0.2, 0.25) is 0 Å². The Balaban J connectivity index is 0.00000200. The first-order valence-corrected chi connectivity index (χ1v) is 8.11. The van der Waals surface area contributed by atoms with Gasteiger partial charge in [-0.3, -0.25) is 4.99 Å². The second-order valence-corrected chi connectivity index (χ2v) is 6.34. The highest BCUT2D eigenvalue weighted by Crippen LogP contribution is 2.33. The molecule has 114 valence electrons. The first kappa shape index (κ1) is 17.8. The summed E-state index contributed by atoms with van der Waals surface area (Å²) in [4.78, 5) is 8.01. The van der Waals surface area contributed by atoms with E-state index < -0.39 is 0 Å². The largest absolute Gasteiger partial charge is 0.356 e. The Bertz CT molecular complexity index is 388. The van der Waals surface area contributed by atoms with E-state index in [9.17, 15) is 0 Å². The molecular formula is C15H26IN3S. The maximum absolute atomic E-state index is 4.36. The maximum atomic E-state index is 4.36. The molecule has 0 bridgehead atoms. The second-order valence-electron chi connectivity index (χ2n) is 5.31. The number of aliphatic imine (C=N–C) groups is 1. The van der Waals surface area contributed by atoms with E-state index in [-0.39, 0.29) is 24.0 Å². The van der Waals surface area contributed by atoms with E-state index >= 15 is 0 Å². The number of likely N-dealkylation sites (N-methyl/N-ethyl adjacent to an activating group) is 1. The lowest BCUT2D eigenvalue weighted by Gasteiger charge is -2.21. The number of nitrogens with one attached hydrogen (secondary N) is 1. The van der Waals surface area contributed by atoms with Crippen molar-refractivity contribution in [2.75, 3.05) is 27.2 Å². The molecule has 1 aromatic heterocycles. The quantitative estimate of drug-likeness (QED) is 0.324. The lowest BCUT2D eigenvalue weighted by molar-refractivity contribution is 0.483. The molecule has 0 aromatic carbocycles. The highest BCUT2D eigenvalue weighted by molar-refractivity contribution is 14.0. The zero-order valence-corrected chi connectivity index (χ0v) is 15.6. The Morgan fingerprint density at radius 1 is 1.50 bits per heavy atom. The van der Waals surface area contributed by atoms with Crippen LogP contribution in [0.3, 0.4) is 0 Å². The van der Waals surface area contributed by atoms with Crippen molar-refractivity contribution in [1.82, 2.24) is 10.2 Å². The predicted molar refractivity (Wildman–Crippen MR) is 99.4 cm³/mol. The predicted octanol–water partition coefficient (Wildman–Crippen LogP) is 3.61. The number of nitrogens with zero attached hydrogens (tertiary/aromatic N) is 2. The molecule has 1 fully saturated rings. The number of hydrogen-bond donors (Lipinski definition) is 1. The van der Waals surface area contributed by atoms with Crippen molar-refractivity contribution >= 4 is 41.3 Å². The van der Waals surface area contributed by atoms with Crippen molar-refractivity contribution in [2.45, 2.75) is 32.1 Å². The minimum atomic E-state index is 0. The molecule has 1 saturated carbocycles. The van der Waals surface area contributed by atoms with Crippen molar-refractivity contribution in [3.8, 4) is 0 Å². The fraction of sp³-hybridized carbons (Fsp3) is 0.667. The normalized spacial score (nSPS) is 14.8. The summed E-state index contributed by atoms with van der Waals surface area (Å²) in [5.74, 6) is 2.05. The van der Waals surface area contributed by atoms with Crippen LogP contribution in [0.15, 0.2) is 22.5 Å². The fourth-order valence-corrected chi connectivity index (χ4v) is 2.92. The molecule has 20 heavy (non-hydrogen) atoms. The Labute approximate surface area is 143 Å². The van der Waals surface area contributed by atoms with Crippen molar-refractivity contribution in [3.63, 3.8) is 0 Å². The lowest BCUT2D eigenvalue weighted by atomic mass is 10.2. The Morgan fingerprint density at radius 3 is 2.90 bits per heavy atom. The molecule has 2 rings (SSSR count). The smallest absolute Gasteiger partial charge is 0.193 e. The van der Waals surface area contributed by atoms with Gasteiger partial charge in [0.05, 0.1) is 0 Å². The lowest BCUT2D eigenvalue weighted by Crippen LogP contribution is -2.40. The molecular weight excluding hydrogens is 381 g/mol. The van der Waals surface area contributed by atoms with Gasteiger partial charge >= 0.3 is 0 Å². The molecule has 3 nitrogen and oxygen atoms in total. The van der Waals surface area contributed by atoms with Crippen LogP contribution in [-0.2, 0) is 6.42 Å². The first-order valence-electron chi connectivity index (χ1n) is 7.23. The van der Waals surface area contributed by atoms with E-state index in [1.165, 1.54) is 30.6 Å². The van der Waals surface area contributed by atoms with Crippen molar-refractivity contribution in [1.29, 1.82) is 0 Å². The highest BCUT2D eigenvalue weighted by Gasteiger charge is 2.20. The van der Waals surface area contributed by atoms with Gasteiger partial charge in [0, 0.05) is 32.1 Å². The number of halogens is 1. The fourth-order valence-electron chi connectivity index (χ4n) is 2.22. The molecule has 0 unspecified atom stereocenters. The summed E-state index contributed by atoms with van der Waals surface area (Å²) in [7, 11) is 3.98. The zero-order valence-electron chi connectivity index (χ0n) is 12.5. The number of rotatable bonds is 7. The minimum Gasteiger partial charge on any atom is -0.356 e. The van der Waals surface area contributed by atoms with Gasteiger partial charge in [-0.25, -0.2) is 0 Å². The Morgan fingerprint density at radius 2 is 2.30 bits per heavy atom. The number of thiophene rings is 1. The summed E-state index contributed by atoms with van der Waals surface area (Å²) in [6, 6.07) is 4.31. The number of guanidine groups is 1. The van der Waals surface area contributed by atoms with Crippen LogP contribution in [0.25, 0.3) is 0 Å². The molecule has 1 aromatic rings. The van der Waals surface area contributed by atoms with Crippen LogP contribution < -0.4 is 5.32 Å². The molecule has 0 amide bonds. The van der Waals surface area contributed by atoms with E-state index in [1.54, 1.807) is 0 Å². The van der Waals surface area contributed by atoms with Gasteiger partial charge in [-0.15, -0.1) is 35.3 Å².